The van der Waals surface area contributed by atoms with Crippen molar-refractivity contribution in [3.05, 3.63) is 0 Å². The highest BCUT2D eigenvalue weighted by Gasteiger charge is 2.30. The van der Waals surface area contributed by atoms with Gasteiger partial charge in [0.25, 0.3) is 0 Å². The predicted molar refractivity (Wildman–Crippen MR) is 101 cm³/mol. The maximum atomic E-state index is 12.6. The predicted octanol–water partition coefficient (Wildman–Crippen LogP) is 0.521. The Morgan fingerprint density at radius 3 is 2.28 bits per heavy atom. The smallest absolute Gasteiger partial charge is 0.225 e. The van der Waals surface area contributed by atoms with Crippen molar-refractivity contribution in [3.63, 3.8) is 0 Å². The molecule has 0 aliphatic carbocycles. The lowest BCUT2D eigenvalue weighted by Crippen LogP contribution is -2.51. The largest absolute Gasteiger partial charge is 0.378 e. The highest BCUT2D eigenvalue weighted by molar-refractivity contribution is 5.81. The number of hydrogen-bond acceptors (Lipinski definition) is 4. The molecule has 0 aromatic heterocycles. The molecule has 7 nitrogen and oxygen atoms in total. The third-order valence-corrected chi connectivity index (χ3v) is 4.74. The van der Waals surface area contributed by atoms with Crippen LogP contribution in [0.15, 0.2) is 4.99 Å². The van der Waals surface area contributed by atoms with Gasteiger partial charge in [-0.25, -0.2) is 0 Å². The quantitative estimate of drug-likeness (QED) is 0.438. The molecule has 0 aromatic carbocycles. The van der Waals surface area contributed by atoms with Crippen LogP contribution in [0.5, 0.6) is 0 Å². The third-order valence-electron chi connectivity index (χ3n) is 4.74. The van der Waals surface area contributed by atoms with Crippen molar-refractivity contribution in [2.24, 2.45) is 10.9 Å². The van der Waals surface area contributed by atoms with E-state index in [1.165, 1.54) is 0 Å². The Hall–Kier alpha value is -1.34. The monoisotopic (exact) mass is 353 g/mol. The van der Waals surface area contributed by atoms with Crippen LogP contribution in [0.4, 0.5) is 0 Å². The van der Waals surface area contributed by atoms with Crippen LogP contribution in [0.3, 0.4) is 0 Å². The molecule has 2 aliphatic heterocycles. The van der Waals surface area contributed by atoms with E-state index in [1.54, 1.807) is 0 Å². The number of nitrogens with zero attached hydrogens (tertiary/aromatic N) is 3. The Morgan fingerprint density at radius 1 is 1.08 bits per heavy atom. The van der Waals surface area contributed by atoms with E-state index < -0.39 is 0 Å². The van der Waals surface area contributed by atoms with E-state index in [4.69, 9.17) is 4.74 Å². The lowest BCUT2D eigenvalue weighted by atomic mass is 9.95. The number of nitrogens with one attached hydrogen (secondary N) is 2. The molecule has 0 bridgehead atoms. The van der Waals surface area contributed by atoms with E-state index in [-0.39, 0.29) is 11.5 Å². The zero-order valence-electron chi connectivity index (χ0n) is 16.3. The van der Waals surface area contributed by atoms with Crippen molar-refractivity contribution < 1.29 is 9.53 Å². The molecular formula is C18H35N5O2. The Morgan fingerprint density at radius 2 is 1.72 bits per heavy atom. The van der Waals surface area contributed by atoms with E-state index in [2.05, 4.69) is 41.3 Å². The highest BCUT2D eigenvalue weighted by atomic mass is 16.5. The minimum Gasteiger partial charge on any atom is -0.378 e. The number of guanidine groups is 1. The molecule has 144 valence electrons. The average Bonchev–Trinajstić information content (AvgIpc) is 2.61. The number of ether oxygens (including phenoxy) is 1. The minimum absolute atomic E-state index is 0.128. The summed E-state index contributed by atoms with van der Waals surface area (Å²) in [6.07, 6.45) is 1.80. The Balaban J connectivity index is 1.73. The van der Waals surface area contributed by atoms with Gasteiger partial charge in [-0.2, -0.15) is 0 Å². The summed E-state index contributed by atoms with van der Waals surface area (Å²) < 4.78 is 5.34. The molecule has 7 heteroatoms. The van der Waals surface area contributed by atoms with Crippen molar-refractivity contribution in [2.45, 2.75) is 39.2 Å². The van der Waals surface area contributed by atoms with Gasteiger partial charge >= 0.3 is 0 Å². The van der Waals surface area contributed by atoms with Gasteiger partial charge in [0.1, 0.15) is 0 Å². The van der Waals surface area contributed by atoms with Crippen LogP contribution in [-0.4, -0.2) is 86.7 Å². The third kappa shape index (κ3) is 6.47. The molecule has 2 aliphatic rings. The minimum atomic E-state index is 0.128. The molecule has 0 atom stereocenters. The van der Waals surface area contributed by atoms with Crippen molar-refractivity contribution >= 4 is 11.9 Å². The number of carbonyl (C=O) groups is 1. The number of piperidine rings is 1. The van der Waals surface area contributed by atoms with Crippen molar-refractivity contribution in [3.8, 4) is 0 Å². The summed E-state index contributed by atoms with van der Waals surface area (Å²) in [6, 6.07) is 0. The number of carbonyl (C=O) groups excluding carboxylic acids is 1. The maximum absolute atomic E-state index is 12.6. The molecule has 0 radical (unpaired) electrons. The lowest BCUT2D eigenvalue weighted by Gasteiger charge is -2.36. The normalized spacial score (nSPS) is 20.7. The second-order valence-electron chi connectivity index (χ2n) is 7.85. The second kappa shape index (κ2) is 9.38. The highest BCUT2D eigenvalue weighted by Crippen LogP contribution is 2.20. The van der Waals surface area contributed by atoms with E-state index in [9.17, 15) is 4.79 Å². The first kappa shape index (κ1) is 20.0. The van der Waals surface area contributed by atoms with Gasteiger partial charge in [0.15, 0.2) is 5.96 Å². The molecule has 25 heavy (non-hydrogen) atoms. The summed E-state index contributed by atoms with van der Waals surface area (Å²) >= 11 is 0. The van der Waals surface area contributed by atoms with Crippen LogP contribution >= 0.6 is 0 Å². The van der Waals surface area contributed by atoms with Crippen LogP contribution in [0.2, 0.25) is 0 Å². The van der Waals surface area contributed by atoms with Gasteiger partial charge in [0.2, 0.25) is 5.91 Å². The first-order valence-electron chi connectivity index (χ1n) is 9.48. The maximum Gasteiger partial charge on any atom is 0.225 e. The summed E-state index contributed by atoms with van der Waals surface area (Å²) in [6.45, 7) is 12.8. The summed E-state index contributed by atoms with van der Waals surface area (Å²) in [5, 5.41) is 6.89. The fraction of sp³-hybridized carbons (Fsp3) is 0.889. The summed E-state index contributed by atoms with van der Waals surface area (Å²) in [7, 11) is 1.82. The van der Waals surface area contributed by atoms with Crippen molar-refractivity contribution in [1.29, 1.82) is 0 Å². The van der Waals surface area contributed by atoms with E-state index >= 15 is 0 Å². The molecule has 0 aromatic rings. The van der Waals surface area contributed by atoms with Crippen LogP contribution < -0.4 is 10.6 Å². The van der Waals surface area contributed by atoms with Crippen LogP contribution in [0.1, 0.15) is 33.6 Å². The second-order valence-corrected chi connectivity index (χ2v) is 7.85. The van der Waals surface area contributed by atoms with E-state index in [0.29, 0.717) is 19.1 Å². The number of rotatable bonds is 4. The van der Waals surface area contributed by atoms with Crippen LogP contribution in [0, 0.1) is 5.92 Å². The number of morpholine rings is 1. The SMILES string of the molecule is CN=C(NCCNC(C)(C)C)N1CCC(C(=O)N2CCOCC2)CC1. The topological polar surface area (TPSA) is 69.2 Å². The lowest BCUT2D eigenvalue weighted by molar-refractivity contribution is -0.140. The average molecular weight is 354 g/mol. The molecule has 2 rings (SSSR count). The molecule has 2 saturated heterocycles. The molecule has 0 unspecified atom stereocenters. The van der Waals surface area contributed by atoms with E-state index in [0.717, 1.165) is 58.1 Å². The Bertz CT molecular complexity index is 447. The standard InChI is InChI=1S/C18H35N5O2/c1-18(2,3)21-8-7-20-17(19-4)23-9-5-15(6-10-23)16(24)22-11-13-25-14-12-22/h15,21H,5-14H2,1-4H3,(H,19,20). The molecular weight excluding hydrogens is 318 g/mol. The van der Waals surface area contributed by atoms with Crippen LogP contribution in [-0.2, 0) is 9.53 Å². The molecule has 0 spiro atoms. The van der Waals surface area contributed by atoms with E-state index in [1.807, 2.05) is 11.9 Å². The van der Waals surface area contributed by atoms with Gasteiger partial charge in [-0.1, -0.05) is 0 Å². The summed E-state index contributed by atoms with van der Waals surface area (Å²) in [5.41, 5.74) is 0.128. The molecule has 2 fully saturated rings. The zero-order valence-corrected chi connectivity index (χ0v) is 16.3. The first-order chi connectivity index (χ1) is 11.9. The van der Waals surface area contributed by atoms with Crippen molar-refractivity contribution in [2.75, 3.05) is 59.5 Å². The fourth-order valence-corrected chi connectivity index (χ4v) is 3.32. The number of amides is 1. The summed E-state index contributed by atoms with van der Waals surface area (Å²) in [5.74, 6) is 1.39. The Labute approximate surface area is 152 Å². The number of likely N-dealkylation sites (tertiary alicyclic amines) is 1. The van der Waals surface area contributed by atoms with Gasteiger partial charge in [-0.15, -0.1) is 0 Å². The molecule has 0 saturated carbocycles. The first-order valence-corrected chi connectivity index (χ1v) is 9.48. The Kier molecular flexibility index (Phi) is 7.50. The van der Waals surface area contributed by atoms with Crippen LogP contribution in [0.25, 0.3) is 0 Å². The zero-order chi connectivity index (χ0) is 18.3. The number of aliphatic imine (C=N–C) groups is 1. The number of hydrogen-bond donors (Lipinski definition) is 2. The van der Waals surface area contributed by atoms with Gasteiger partial charge in [0.05, 0.1) is 13.2 Å². The van der Waals surface area contributed by atoms with Gasteiger partial charge in [-0.05, 0) is 33.6 Å². The fourth-order valence-electron chi connectivity index (χ4n) is 3.32. The van der Waals surface area contributed by atoms with Gasteiger partial charge in [0, 0.05) is 57.8 Å². The molecule has 1 amide bonds. The van der Waals surface area contributed by atoms with Crippen molar-refractivity contribution in [1.82, 2.24) is 20.4 Å². The molecule has 2 heterocycles. The molecule has 2 N–H and O–H groups in total. The van der Waals surface area contributed by atoms with Gasteiger partial charge < -0.3 is 25.2 Å². The van der Waals surface area contributed by atoms with Gasteiger partial charge in [-0.3, -0.25) is 9.79 Å². The summed E-state index contributed by atoms with van der Waals surface area (Å²) in [4.78, 5) is 21.2.